The molecule has 0 bridgehead atoms. The largest absolute Gasteiger partial charge is 0.377 e. The van der Waals surface area contributed by atoms with Crippen LogP contribution in [-0.2, 0) is 14.3 Å². The van der Waals surface area contributed by atoms with E-state index in [0.29, 0.717) is 13.1 Å². The van der Waals surface area contributed by atoms with E-state index in [1.165, 1.54) is 0 Å². The number of amides is 1. The third-order valence-electron chi connectivity index (χ3n) is 6.16. The monoisotopic (exact) mass is 346 g/mol. The Morgan fingerprint density at radius 1 is 1.22 bits per heavy atom. The highest BCUT2D eigenvalue weighted by Crippen LogP contribution is 2.57. The molecule has 3 aliphatic rings. The fraction of sp³-hybridized carbons (Fsp3) is 0.941. The van der Waals surface area contributed by atoms with Crippen LogP contribution in [0.5, 0.6) is 0 Å². The van der Waals surface area contributed by atoms with Crippen LogP contribution < -0.4 is 5.73 Å². The summed E-state index contributed by atoms with van der Waals surface area (Å²) in [5.74, 6) is 0.240. The van der Waals surface area contributed by atoms with Gasteiger partial charge >= 0.3 is 0 Å². The van der Waals surface area contributed by atoms with Crippen molar-refractivity contribution >= 4 is 18.3 Å². The van der Waals surface area contributed by atoms with Gasteiger partial charge in [-0.15, -0.1) is 12.4 Å². The van der Waals surface area contributed by atoms with Crippen molar-refractivity contribution in [3.8, 4) is 0 Å². The van der Waals surface area contributed by atoms with Crippen LogP contribution in [0.3, 0.4) is 0 Å². The summed E-state index contributed by atoms with van der Waals surface area (Å²) >= 11 is 0. The van der Waals surface area contributed by atoms with Gasteiger partial charge in [0.15, 0.2) is 0 Å². The zero-order valence-electron chi connectivity index (χ0n) is 14.5. The van der Waals surface area contributed by atoms with E-state index in [1.807, 2.05) is 11.8 Å². The van der Waals surface area contributed by atoms with Gasteiger partial charge in [0, 0.05) is 37.6 Å². The van der Waals surface area contributed by atoms with Crippen molar-refractivity contribution in [2.45, 2.75) is 64.2 Å². The molecule has 1 aliphatic carbocycles. The van der Waals surface area contributed by atoms with E-state index in [9.17, 15) is 4.79 Å². The summed E-state index contributed by atoms with van der Waals surface area (Å²) in [6.07, 6.45) is 4.43. The standard InChI is InChI=1S/C17H30N2O3.ClH/c1-4-19(11-12-7-5-9-21-12)15(20)17(18)13-8-6-10-22-14(13)16(17,2)3;/h12-14H,4-11,18H2,1-3H3;1H. The molecule has 1 saturated carbocycles. The van der Waals surface area contributed by atoms with Crippen LogP contribution >= 0.6 is 12.4 Å². The molecule has 0 spiro atoms. The number of halogens is 1. The lowest BCUT2D eigenvalue weighted by Crippen LogP contribution is -2.82. The predicted octanol–water partition coefficient (Wildman–Crippen LogP) is 1.97. The lowest BCUT2D eigenvalue weighted by molar-refractivity contribution is -0.230. The van der Waals surface area contributed by atoms with Crippen molar-refractivity contribution in [1.29, 1.82) is 0 Å². The molecule has 4 atom stereocenters. The minimum Gasteiger partial charge on any atom is -0.377 e. The minimum atomic E-state index is -0.799. The fourth-order valence-electron chi connectivity index (χ4n) is 4.66. The van der Waals surface area contributed by atoms with Crippen LogP contribution in [0.2, 0.25) is 0 Å². The Kier molecular flexibility index (Phi) is 5.66. The van der Waals surface area contributed by atoms with Gasteiger partial charge in [-0.3, -0.25) is 4.79 Å². The van der Waals surface area contributed by atoms with Crippen LogP contribution in [0.25, 0.3) is 0 Å². The van der Waals surface area contributed by atoms with E-state index in [4.69, 9.17) is 15.2 Å². The van der Waals surface area contributed by atoms with E-state index in [1.54, 1.807) is 0 Å². The van der Waals surface area contributed by atoms with Crippen molar-refractivity contribution in [2.24, 2.45) is 17.1 Å². The molecule has 3 rings (SSSR count). The Morgan fingerprint density at radius 2 is 1.87 bits per heavy atom. The van der Waals surface area contributed by atoms with Gasteiger partial charge in [-0.25, -0.2) is 0 Å². The summed E-state index contributed by atoms with van der Waals surface area (Å²) in [6, 6.07) is 0. The molecule has 3 fully saturated rings. The number of carbonyl (C=O) groups excluding carboxylic acids is 1. The highest BCUT2D eigenvalue weighted by atomic mass is 35.5. The summed E-state index contributed by atoms with van der Waals surface area (Å²) in [7, 11) is 0. The van der Waals surface area contributed by atoms with E-state index in [-0.39, 0.29) is 41.9 Å². The predicted molar refractivity (Wildman–Crippen MR) is 91.6 cm³/mol. The van der Waals surface area contributed by atoms with Crippen molar-refractivity contribution < 1.29 is 14.3 Å². The Labute approximate surface area is 145 Å². The first-order valence-corrected chi connectivity index (χ1v) is 8.74. The maximum atomic E-state index is 13.2. The molecule has 0 radical (unpaired) electrons. The Morgan fingerprint density at radius 3 is 2.48 bits per heavy atom. The van der Waals surface area contributed by atoms with E-state index < -0.39 is 5.54 Å². The van der Waals surface area contributed by atoms with E-state index >= 15 is 0 Å². The first-order chi connectivity index (χ1) is 10.4. The van der Waals surface area contributed by atoms with Gasteiger partial charge in [0.05, 0.1) is 12.2 Å². The smallest absolute Gasteiger partial charge is 0.243 e. The van der Waals surface area contributed by atoms with Crippen LogP contribution in [0, 0.1) is 11.3 Å². The minimum absolute atomic E-state index is 0. The van der Waals surface area contributed by atoms with Gasteiger partial charge in [-0.05, 0) is 32.6 Å². The molecule has 2 saturated heterocycles. The maximum absolute atomic E-state index is 13.2. The number of rotatable bonds is 4. The van der Waals surface area contributed by atoms with Gasteiger partial charge in [-0.2, -0.15) is 0 Å². The summed E-state index contributed by atoms with van der Waals surface area (Å²) in [5, 5.41) is 0. The molecule has 0 aromatic carbocycles. The molecule has 2 heterocycles. The van der Waals surface area contributed by atoms with Crippen molar-refractivity contribution in [2.75, 3.05) is 26.3 Å². The van der Waals surface area contributed by atoms with Crippen molar-refractivity contribution in [3.63, 3.8) is 0 Å². The van der Waals surface area contributed by atoms with Gasteiger partial charge < -0.3 is 20.1 Å². The molecule has 2 N–H and O–H groups in total. The number of likely N-dealkylation sites (N-methyl/N-ethyl adjacent to an activating group) is 1. The molecule has 0 aromatic heterocycles. The van der Waals surface area contributed by atoms with Crippen LogP contribution in [0.4, 0.5) is 0 Å². The Hall–Kier alpha value is -0.360. The quantitative estimate of drug-likeness (QED) is 0.845. The van der Waals surface area contributed by atoms with E-state index in [2.05, 4.69) is 13.8 Å². The molecule has 1 amide bonds. The molecular formula is C17H31ClN2O3. The third-order valence-corrected chi connectivity index (χ3v) is 6.16. The van der Waals surface area contributed by atoms with Crippen LogP contribution in [0.1, 0.15) is 46.5 Å². The van der Waals surface area contributed by atoms with Crippen molar-refractivity contribution in [1.82, 2.24) is 4.90 Å². The third kappa shape index (κ3) is 2.80. The van der Waals surface area contributed by atoms with Gasteiger partial charge in [0.25, 0.3) is 0 Å². The van der Waals surface area contributed by atoms with Crippen LogP contribution in [-0.4, -0.2) is 54.9 Å². The second kappa shape index (κ2) is 6.87. The number of hydrogen-bond acceptors (Lipinski definition) is 4. The lowest BCUT2D eigenvalue weighted by Gasteiger charge is -2.65. The number of carbonyl (C=O) groups is 1. The number of nitrogens with two attached hydrogens (primary N) is 1. The van der Waals surface area contributed by atoms with Gasteiger partial charge in [0.2, 0.25) is 5.91 Å². The van der Waals surface area contributed by atoms with Crippen LogP contribution in [0.15, 0.2) is 0 Å². The Balaban J connectivity index is 0.00000192. The maximum Gasteiger partial charge on any atom is 0.243 e. The molecule has 2 aliphatic heterocycles. The average Bonchev–Trinajstić information content (AvgIpc) is 3.04. The summed E-state index contributed by atoms with van der Waals surface area (Å²) in [6.45, 7) is 9.15. The second-order valence-corrected chi connectivity index (χ2v) is 7.61. The zero-order chi connectivity index (χ0) is 16.0. The average molecular weight is 347 g/mol. The normalized spacial score (nSPS) is 38.2. The summed E-state index contributed by atoms with van der Waals surface area (Å²) in [5.41, 5.74) is 5.61. The highest BCUT2D eigenvalue weighted by molar-refractivity contribution is 5.89. The lowest BCUT2D eigenvalue weighted by atomic mass is 9.46. The molecule has 5 nitrogen and oxygen atoms in total. The second-order valence-electron chi connectivity index (χ2n) is 7.61. The molecule has 0 aromatic rings. The number of hydrogen-bond donors (Lipinski definition) is 1. The molecule has 134 valence electrons. The first kappa shape index (κ1) is 19.0. The topological polar surface area (TPSA) is 64.8 Å². The first-order valence-electron chi connectivity index (χ1n) is 8.74. The Bertz CT molecular complexity index is 440. The SMILES string of the molecule is CCN(CC1CCCO1)C(=O)C1(N)C2CCCOC2C1(C)C.Cl. The summed E-state index contributed by atoms with van der Waals surface area (Å²) < 4.78 is 11.6. The van der Waals surface area contributed by atoms with Gasteiger partial charge in [-0.1, -0.05) is 13.8 Å². The number of fused-ring (bicyclic) bond motifs is 1. The number of ether oxygens (including phenoxy) is 2. The molecular weight excluding hydrogens is 316 g/mol. The van der Waals surface area contributed by atoms with Gasteiger partial charge in [0.1, 0.15) is 5.54 Å². The zero-order valence-corrected chi connectivity index (χ0v) is 15.4. The molecule has 23 heavy (non-hydrogen) atoms. The van der Waals surface area contributed by atoms with E-state index in [0.717, 1.165) is 38.9 Å². The molecule has 4 unspecified atom stereocenters. The highest BCUT2D eigenvalue weighted by Gasteiger charge is 2.70. The van der Waals surface area contributed by atoms with Crippen molar-refractivity contribution in [3.05, 3.63) is 0 Å². The molecule has 6 heteroatoms. The summed E-state index contributed by atoms with van der Waals surface area (Å²) in [4.78, 5) is 15.1. The number of nitrogens with zero attached hydrogens (tertiary/aromatic N) is 1. The fourth-order valence-corrected chi connectivity index (χ4v) is 4.66.